The molecule has 19 heavy (non-hydrogen) atoms. The van der Waals surface area contributed by atoms with Gasteiger partial charge in [-0.1, -0.05) is 23.7 Å². The number of hydrogen-bond acceptors (Lipinski definition) is 2. The summed E-state index contributed by atoms with van der Waals surface area (Å²) in [6.07, 6.45) is 1.25. The fourth-order valence-corrected chi connectivity index (χ4v) is 2.27. The molecule has 102 valence electrons. The van der Waals surface area contributed by atoms with Crippen LogP contribution in [0.3, 0.4) is 0 Å². The summed E-state index contributed by atoms with van der Waals surface area (Å²) in [7, 11) is 0. The van der Waals surface area contributed by atoms with Gasteiger partial charge in [0.15, 0.2) is 0 Å². The number of nitrogens with zero attached hydrogens (tertiary/aromatic N) is 1. The van der Waals surface area contributed by atoms with Crippen LogP contribution >= 0.6 is 11.6 Å². The van der Waals surface area contributed by atoms with Gasteiger partial charge >= 0.3 is 12.0 Å². The molecule has 0 bridgehead atoms. The maximum Gasteiger partial charge on any atom is 0.326 e. The van der Waals surface area contributed by atoms with Gasteiger partial charge in [-0.15, -0.1) is 0 Å². The highest BCUT2D eigenvalue weighted by Crippen LogP contribution is 2.17. The number of nitrogens with one attached hydrogen (secondary N) is 1. The molecule has 1 aliphatic heterocycles. The van der Waals surface area contributed by atoms with E-state index in [0.717, 1.165) is 12.0 Å². The van der Waals surface area contributed by atoms with Gasteiger partial charge < -0.3 is 15.3 Å². The molecular formula is C13H15ClN2O3. The Bertz CT molecular complexity index is 475. The molecule has 1 aromatic carbocycles. The first-order valence-corrected chi connectivity index (χ1v) is 6.47. The molecule has 0 aromatic heterocycles. The minimum Gasteiger partial charge on any atom is -0.480 e. The summed E-state index contributed by atoms with van der Waals surface area (Å²) < 4.78 is 0. The molecular weight excluding hydrogens is 268 g/mol. The predicted molar refractivity (Wildman–Crippen MR) is 71.1 cm³/mol. The molecule has 2 rings (SSSR count). The van der Waals surface area contributed by atoms with Gasteiger partial charge in [-0.05, 0) is 30.5 Å². The number of rotatable bonds is 3. The molecule has 0 aliphatic carbocycles. The summed E-state index contributed by atoms with van der Waals surface area (Å²) in [5.74, 6) is -0.945. The summed E-state index contributed by atoms with van der Waals surface area (Å²) in [4.78, 5) is 24.3. The number of hydrogen-bond donors (Lipinski definition) is 2. The smallest absolute Gasteiger partial charge is 0.326 e. The number of carbonyl (C=O) groups excluding carboxylic acids is 1. The van der Waals surface area contributed by atoms with Crippen molar-refractivity contribution in [2.24, 2.45) is 0 Å². The third kappa shape index (κ3) is 3.38. The Kier molecular flexibility index (Phi) is 4.27. The van der Waals surface area contributed by atoms with Crippen molar-refractivity contribution in [3.63, 3.8) is 0 Å². The molecule has 0 unspecified atom stereocenters. The van der Waals surface area contributed by atoms with Crippen LogP contribution < -0.4 is 5.32 Å². The van der Waals surface area contributed by atoms with Crippen molar-refractivity contribution in [3.05, 3.63) is 34.9 Å². The van der Waals surface area contributed by atoms with E-state index in [4.69, 9.17) is 16.7 Å². The van der Waals surface area contributed by atoms with E-state index < -0.39 is 12.0 Å². The normalized spacial score (nSPS) is 18.4. The summed E-state index contributed by atoms with van der Waals surface area (Å²) in [6.45, 7) is 0.849. The first kappa shape index (κ1) is 13.7. The van der Waals surface area contributed by atoms with Gasteiger partial charge in [-0.25, -0.2) is 9.59 Å². The largest absolute Gasteiger partial charge is 0.480 e. The topological polar surface area (TPSA) is 69.6 Å². The van der Waals surface area contributed by atoms with Crippen molar-refractivity contribution in [3.8, 4) is 0 Å². The number of carbonyl (C=O) groups is 2. The lowest BCUT2D eigenvalue weighted by Crippen LogP contribution is -2.45. The Morgan fingerprint density at radius 3 is 2.68 bits per heavy atom. The number of carboxylic acids is 1. The molecule has 2 N–H and O–H groups in total. The molecule has 0 saturated carbocycles. The second-order valence-electron chi connectivity index (χ2n) is 4.47. The van der Waals surface area contributed by atoms with Gasteiger partial charge in [0.05, 0.1) is 0 Å². The number of aliphatic carboxylic acids is 1. The van der Waals surface area contributed by atoms with Crippen LogP contribution in [0.25, 0.3) is 0 Å². The standard InChI is InChI=1S/C13H15ClN2O3/c14-10-5-3-9(4-6-10)8-15-13(19)16-7-1-2-11(16)12(17)18/h3-6,11H,1-2,7-8H2,(H,15,19)(H,17,18)/t11-/m0/s1. The van der Waals surface area contributed by atoms with E-state index in [9.17, 15) is 9.59 Å². The third-order valence-corrected chi connectivity index (χ3v) is 3.41. The van der Waals surface area contributed by atoms with Gasteiger partial charge in [0.25, 0.3) is 0 Å². The van der Waals surface area contributed by atoms with E-state index in [2.05, 4.69) is 5.32 Å². The zero-order valence-corrected chi connectivity index (χ0v) is 11.1. The predicted octanol–water partition coefficient (Wildman–Crippen LogP) is 2.10. The average molecular weight is 283 g/mol. The molecule has 1 atom stereocenters. The van der Waals surface area contributed by atoms with Gasteiger partial charge in [-0.3, -0.25) is 0 Å². The van der Waals surface area contributed by atoms with E-state index in [1.54, 1.807) is 12.1 Å². The lowest BCUT2D eigenvalue weighted by Gasteiger charge is -2.21. The van der Waals surface area contributed by atoms with Crippen molar-refractivity contribution >= 4 is 23.6 Å². The van der Waals surface area contributed by atoms with Gasteiger partial charge in [0.2, 0.25) is 0 Å². The number of benzene rings is 1. The lowest BCUT2D eigenvalue weighted by molar-refractivity contribution is -0.141. The quantitative estimate of drug-likeness (QED) is 0.892. The van der Waals surface area contributed by atoms with Gasteiger partial charge in [-0.2, -0.15) is 0 Å². The van der Waals surface area contributed by atoms with E-state index in [-0.39, 0.29) is 6.03 Å². The Balaban J connectivity index is 1.90. The maximum absolute atomic E-state index is 11.9. The average Bonchev–Trinajstić information content (AvgIpc) is 2.87. The third-order valence-electron chi connectivity index (χ3n) is 3.16. The van der Waals surface area contributed by atoms with Crippen LogP contribution in [0.1, 0.15) is 18.4 Å². The number of urea groups is 1. The minimum absolute atomic E-state index is 0.333. The van der Waals surface area contributed by atoms with Crippen LogP contribution in [-0.4, -0.2) is 34.6 Å². The van der Waals surface area contributed by atoms with Crippen LogP contribution in [0.2, 0.25) is 5.02 Å². The first-order valence-electron chi connectivity index (χ1n) is 6.09. The highest BCUT2D eigenvalue weighted by molar-refractivity contribution is 6.30. The first-order chi connectivity index (χ1) is 9.08. The summed E-state index contributed by atoms with van der Waals surface area (Å²) in [5, 5.41) is 12.4. The SMILES string of the molecule is O=C(O)[C@@H]1CCCN1C(=O)NCc1ccc(Cl)cc1. The van der Waals surface area contributed by atoms with Crippen molar-refractivity contribution in [2.75, 3.05) is 6.54 Å². The van der Waals surface area contributed by atoms with Crippen LogP contribution in [0.15, 0.2) is 24.3 Å². The summed E-state index contributed by atoms with van der Waals surface area (Å²) >= 11 is 5.77. The summed E-state index contributed by atoms with van der Waals surface area (Å²) in [6, 6.07) is 6.10. The highest BCUT2D eigenvalue weighted by atomic mass is 35.5. The Morgan fingerprint density at radius 1 is 1.37 bits per heavy atom. The lowest BCUT2D eigenvalue weighted by atomic mass is 10.2. The molecule has 1 saturated heterocycles. The van der Waals surface area contributed by atoms with E-state index in [0.29, 0.717) is 24.5 Å². The van der Waals surface area contributed by atoms with Crippen molar-refractivity contribution in [1.82, 2.24) is 10.2 Å². The molecule has 0 radical (unpaired) electrons. The molecule has 1 fully saturated rings. The fraction of sp³-hybridized carbons (Fsp3) is 0.385. The number of amides is 2. The van der Waals surface area contributed by atoms with Crippen molar-refractivity contribution in [2.45, 2.75) is 25.4 Å². The van der Waals surface area contributed by atoms with Gasteiger partial charge in [0.1, 0.15) is 6.04 Å². The van der Waals surface area contributed by atoms with Crippen LogP contribution in [0.5, 0.6) is 0 Å². The summed E-state index contributed by atoms with van der Waals surface area (Å²) in [5.41, 5.74) is 0.920. The monoisotopic (exact) mass is 282 g/mol. The molecule has 1 aliphatic rings. The van der Waals surface area contributed by atoms with Crippen molar-refractivity contribution < 1.29 is 14.7 Å². The Hall–Kier alpha value is -1.75. The van der Waals surface area contributed by atoms with Crippen LogP contribution in [-0.2, 0) is 11.3 Å². The Morgan fingerprint density at radius 2 is 2.05 bits per heavy atom. The van der Waals surface area contributed by atoms with Crippen LogP contribution in [0, 0.1) is 0 Å². The second-order valence-corrected chi connectivity index (χ2v) is 4.91. The highest BCUT2D eigenvalue weighted by Gasteiger charge is 2.33. The molecule has 2 amide bonds. The molecule has 1 aromatic rings. The molecule has 0 spiro atoms. The van der Waals surface area contributed by atoms with Crippen molar-refractivity contribution in [1.29, 1.82) is 0 Å². The van der Waals surface area contributed by atoms with E-state index in [1.165, 1.54) is 4.90 Å². The molecule has 1 heterocycles. The zero-order chi connectivity index (χ0) is 13.8. The number of likely N-dealkylation sites (tertiary alicyclic amines) is 1. The Labute approximate surface area is 116 Å². The second kappa shape index (κ2) is 5.93. The minimum atomic E-state index is -0.945. The number of carboxylic acid groups (broad SMARTS) is 1. The van der Waals surface area contributed by atoms with E-state index in [1.807, 2.05) is 12.1 Å². The maximum atomic E-state index is 11.9. The van der Waals surface area contributed by atoms with Gasteiger partial charge in [0, 0.05) is 18.1 Å². The van der Waals surface area contributed by atoms with E-state index >= 15 is 0 Å². The number of halogens is 1. The molecule has 5 nitrogen and oxygen atoms in total. The fourth-order valence-electron chi connectivity index (χ4n) is 2.15. The zero-order valence-electron chi connectivity index (χ0n) is 10.3. The molecule has 6 heteroatoms. The van der Waals surface area contributed by atoms with Crippen LogP contribution in [0.4, 0.5) is 4.79 Å².